The van der Waals surface area contributed by atoms with Crippen molar-refractivity contribution < 1.29 is 0 Å². The second-order valence-electron chi connectivity index (χ2n) is 4.78. The summed E-state index contributed by atoms with van der Waals surface area (Å²) in [4.78, 5) is 0. The van der Waals surface area contributed by atoms with Crippen molar-refractivity contribution in [2.24, 2.45) is 5.92 Å². The van der Waals surface area contributed by atoms with Crippen LogP contribution in [0.25, 0.3) is 0 Å². The van der Waals surface area contributed by atoms with Crippen LogP contribution < -0.4 is 0 Å². The maximum atomic E-state index is 9.12. The molecule has 1 aliphatic rings. The van der Waals surface area contributed by atoms with Gasteiger partial charge in [0.15, 0.2) is 0 Å². The van der Waals surface area contributed by atoms with Crippen molar-refractivity contribution in [3.8, 4) is 6.07 Å². The first-order valence-electron chi connectivity index (χ1n) is 5.99. The van der Waals surface area contributed by atoms with E-state index < -0.39 is 0 Å². The van der Waals surface area contributed by atoms with Gasteiger partial charge >= 0.3 is 0 Å². The van der Waals surface area contributed by atoms with Crippen molar-refractivity contribution in [2.45, 2.75) is 25.7 Å². The molecule has 0 saturated heterocycles. The molecule has 0 amide bonds. The lowest BCUT2D eigenvalue weighted by Gasteiger charge is -2.35. The maximum Gasteiger partial charge on any atom is 0.0634 e. The van der Waals surface area contributed by atoms with Gasteiger partial charge in [-0.25, -0.2) is 0 Å². The number of benzene rings is 1. The van der Waals surface area contributed by atoms with E-state index in [-0.39, 0.29) is 5.41 Å². The fraction of sp³-hybridized carbons (Fsp3) is 0.312. The fourth-order valence-electron chi connectivity index (χ4n) is 2.53. The highest BCUT2D eigenvalue weighted by molar-refractivity contribution is 5.40. The second kappa shape index (κ2) is 4.59. The monoisotopic (exact) mass is 223 g/mol. The molecule has 0 fully saturated rings. The third-order valence-corrected chi connectivity index (χ3v) is 3.64. The minimum absolute atomic E-state index is 0.157. The van der Waals surface area contributed by atoms with E-state index in [0.29, 0.717) is 12.3 Å². The molecular formula is C16H17N. The topological polar surface area (TPSA) is 23.8 Å². The summed E-state index contributed by atoms with van der Waals surface area (Å²) in [6, 6.07) is 10.8. The van der Waals surface area contributed by atoms with Crippen LogP contribution in [0, 0.1) is 24.2 Å². The first-order chi connectivity index (χ1) is 8.19. The molecule has 0 bridgehead atoms. The zero-order valence-corrected chi connectivity index (χ0v) is 10.4. The Morgan fingerprint density at radius 3 is 2.82 bits per heavy atom. The molecule has 17 heavy (non-hydrogen) atoms. The summed E-state index contributed by atoms with van der Waals surface area (Å²) in [5.74, 6) is 0.356. The van der Waals surface area contributed by atoms with E-state index >= 15 is 0 Å². The Morgan fingerprint density at radius 2 is 2.18 bits per heavy atom. The molecule has 1 aliphatic carbocycles. The third kappa shape index (κ3) is 2.03. The first kappa shape index (κ1) is 11.7. The molecule has 1 aromatic rings. The van der Waals surface area contributed by atoms with Crippen LogP contribution in [0.4, 0.5) is 0 Å². The van der Waals surface area contributed by atoms with E-state index in [9.17, 15) is 0 Å². The summed E-state index contributed by atoms with van der Waals surface area (Å²) < 4.78 is 0. The van der Waals surface area contributed by atoms with Gasteiger partial charge in [0.05, 0.1) is 6.07 Å². The lowest BCUT2D eigenvalue weighted by atomic mass is 9.67. The van der Waals surface area contributed by atoms with Gasteiger partial charge in [-0.2, -0.15) is 5.26 Å². The number of nitrogens with zero attached hydrogens (tertiary/aromatic N) is 1. The molecule has 0 N–H and O–H groups in total. The van der Waals surface area contributed by atoms with Crippen LogP contribution in [0.1, 0.15) is 24.5 Å². The van der Waals surface area contributed by atoms with E-state index in [4.69, 9.17) is 5.26 Å². The molecule has 0 aromatic heterocycles. The number of allylic oxidation sites excluding steroid dienone is 4. The van der Waals surface area contributed by atoms with Gasteiger partial charge in [0, 0.05) is 11.8 Å². The highest BCUT2D eigenvalue weighted by Gasteiger charge is 2.35. The summed E-state index contributed by atoms with van der Waals surface area (Å²) in [7, 11) is 0. The van der Waals surface area contributed by atoms with Gasteiger partial charge in [0.1, 0.15) is 0 Å². The molecular weight excluding hydrogens is 206 g/mol. The molecule has 86 valence electrons. The average Bonchev–Trinajstić information content (AvgIpc) is 2.32. The quantitative estimate of drug-likeness (QED) is 0.745. The normalized spacial score (nSPS) is 26.8. The maximum absolute atomic E-state index is 9.12. The van der Waals surface area contributed by atoms with Crippen molar-refractivity contribution in [1.29, 1.82) is 5.26 Å². The van der Waals surface area contributed by atoms with E-state index in [1.165, 1.54) is 11.1 Å². The van der Waals surface area contributed by atoms with E-state index in [1.54, 1.807) is 0 Å². The SMILES string of the molecule is Cc1cccc(C2(CC#N)C=CC=CC2C)c1. The zero-order valence-electron chi connectivity index (χ0n) is 10.4. The van der Waals surface area contributed by atoms with Crippen LogP contribution in [0.5, 0.6) is 0 Å². The summed E-state index contributed by atoms with van der Waals surface area (Å²) in [5.41, 5.74) is 2.33. The van der Waals surface area contributed by atoms with Gasteiger partial charge in [0.25, 0.3) is 0 Å². The molecule has 0 radical (unpaired) electrons. The van der Waals surface area contributed by atoms with E-state index in [1.807, 2.05) is 0 Å². The van der Waals surface area contributed by atoms with E-state index in [2.05, 4.69) is 68.5 Å². The lowest BCUT2D eigenvalue weighted by molar-refractivity contribution is 0.425. The molecule has 1 heteroatoms. The molecule has 0 spiro atoms. The summed E-state index contributed by atoms with van der Waals surface area (Å²) in [6.07, 6.45) is 9.00. The molecule has 0 heterocycles. The molecule has 0 saturated carbocycles. The van der Waals surface area contributed by atoms with Crippen molar-refractivity contribution in [2.75, 3.05) is 0 Å². The van der Waals surface area contributed by atoms with Gasteiger partial charge in [-0.3, -0.25) is 0 Å². The minimum Gasteiger partial charge on any atom is -0.198 e. The van der Waals surface area contributed by atoms with Gasteiger partial charge < -0.3 is 0 Å². The number of hydrogen-bond donors (Lipinski definition) is 0. The van der Waals surface area contributed by atoms with Crippen LogP contribution in [0.2, 0.25) is 0 Å². The molecule has 2 atom stereocenters. The predicted molar refractivity (Wildman–Crippen MR) is 70.5 cm³/mol. The Balaban J connectivity index is 2.52. The minimum atomic E-state index is -0.157. The highest BCUT2D eigenvalue weighted by Crippen LogP contribution is 2.40. The number of rotatable bonds is 2. The van der Waals surface area contributed by atoms with Crippen LogP contribution >= 0.6 is 0 Å². The number of hydrogen-bond acceptors (Lipinski definition) is 1. The fourth-order valence-corrected chi connectivity index (χ4v) is 2.53. The Labute approximate surface area is 103 Å². The van der Waals surface area contributed by atoms with Crippen molar-refractivity contribution in [3.63, 3.8) is 0 Å². The van der Waals surface area contributed by atoms with Gasteiger partial charge in [-0.15, -0.1) is 0 Å². The smallest absolute Gasteiger partial charge is 0.0634 e. The Morgan fingerprint density at radius 1 is 1.35 bits per heavy atom. The number of nitriles is 1. The average molecular weight is 223 g/mol. The van der Waals surface area contributed by atoms with Crippen LogP contribution in [0.3, 0.4) is 0 Å². The third-order valence-electron chi connectivity index (χ3n) is 3.64. The number of aryl methyl sites for hydroxylation is 1. The van der Waals surface area contributed by atoms with Crippen molar-refractivity contribution in [3.05, 3.63) is 59.7 Å². The standard InChI is InChI=1S/C16H17N/c1-13-6-5-8-15(12-13)16(10-11-17)9-4-3-7-14(16)2/h3-9,12,14H,10H2,1-2H3. The van der Waals surface area contributed by atoms with Crippen LogP contribution in [0.15, 0.2) is 48.6 Å². The molecule has 2 rings (SSSR count). The highest BCUT2D eigenvalue weighted by atomic mass is 14.4. The van der Waals surface area contributed by atoms with Gasteiger partial charge in [-0.1, -0.05) is 61.1 Å². The first-order valence-corrected chi connectivity index (χ1v) is 5.99. The Bertz CT molecular complexity index is 505. The van der Waals surface area contributed by atoms with Crippen molar-refractivity contribution >= 4 is 0 Å². The zero-order chi connectivity index (χ0) is 12.3. The van der Waals surface area contributed by atoms with Crippen LogP contribution in [-0.4, -0.2) is 0 Å². The van der Waals surface area contributed by atoms with Gasteiger partial charge in [-0.05, 0) is 18.4 Å². The predicted octanol–water partition coefficient (Wildman–Crippen LogP) is 3.91. The molecule has 1 aromatic carbocycles. The van der Waals surface area contributed by atoms with Crippen LogP contribution in [-0.2, 0) is 5.41 Å². The Hall–Kier alpha value is -1.81. The summed E-state index contributed by atoms with van der Waals surface area (Å²) >= 11 is 0. The summed E-state index contributed by atoms with van der Waals surface area (Å²) in [6.45, 7) is 4.27. The Kier molecular flexibility index (Phi) is 3.15. The van der Waals surface area contributed by atoms with Crippen molar-refractivity contribution in [1.82, 2.24) is 0 Å². The lowest BCUT2D eigenvalue weighted by Crippen LogP contribution is -2.31. The molecule has 2 unspecified atom stereocenters. The largest absolute Gasteiger partial charge is 0.198 e. The molecule has 1 nitrogen and oxygen atoms in total. The molecule has 0 aliphatic heterocycles. The summed E-state index contributed by atoms with van der Waals surface area (Å²) in [5, 5.41) is 9.12. The van der Waals surface area contributed by atoms with Gasteiger partial charge in [0.2, 0.25) is 0 Å². The van der Waals surface area contributed by atoms with E-state index in [0.717, 1.165) is 0 Å². The second-order valence-corrected chi connectivity index (χ2v) is 4.78.